The van der Waals surface area contributed by atoms with E-state index in [1.165, 1.54) is 0 Å². The van der Waals surface area contributed by atoms with Gasteiger partial charge in [-0.15, -0.1) is 10.2 Å². The Balaban J connectivity index is -0.0000000267. The Hall–Kier alpha value is 2.86. The summed E-state index contributed by atoms with van der Waals surface area (Å²) in [6.07, 6.45) is 0. The van der Waals surface area contributed by atoms with Gasteiger partial charge < -0.3 is 24.0 Å². The van der Waals surface area contributed by atoms with Crippen molar-refractivity contribution in [3.05, 3.63) is 0 Å². The first-order chi connectivity index (χ1) is 2.00. The number of hydrogen-bond acceptors (Lipinski definition) is 4. The Morgan fingerprint density at radius 3 is 0.750 bits per heavy atom. The molecule has 0 aliphatic carbocycles. The molecule has 0 unspecified atom stereocenters. The average Bonchev–Trinajstić information content (AvgIpc) is 0.722. The second kappa shape index (κ2) is 9.86. The number of halogens is 2. The summed E-state index contributed by atoms with van der Waals surface area (Å²) in [7, 11) is -4.94. The van der Waals surface area contributed by atoms with E-state index in [0.717, 1.165) is 0 Å². The van der Waals surface area contributed by atoms with Crippen LogP contribution in [0.5, 0.6) is 0 Å². The third-order valence-corrected chi connectivity index (χ3v) is 0. The van der Waals surface area contributed by atoms with Gasteiger partial charge in [-0.3, -0.25) is 0 Å². The van der Waals surface area contributed by atoms with Gasteiger partial charge in [0.15, 0.2) is 0 Å². The van der Waals surface area contributed by atoms with E-state index in [1.807, 2.05) is 0 Å². The van der Waals surface area contributed by atoms with Gasteiger partial charge in [0.1, 0.15) is 0 Å². The van der Waals surface area contributed by atoms with E-state index in [1.54, 1.807) is 0 Å². The molecular formula is ClINa2O4. The molecule has 0 aliphatic heterocycles. The first-order valence-electron chi connectivity index (χ1n) is 0.617. The van der Waals surface area contributed by atoms with Crippen LogP contribution < -0.4 is 102 Å². The van der Waals surface area contributed by atoms with Crippen molar-refractivity contribution in [3.8, 4) is 0 Å². The van der Waals surface area contributed by atoms with Crippen LogP contribution in [0.4, 0.5) is 0 Å². The van der Waals surface area contributed by atoms with Crippen molar-refractivity contribution < 1.29 is 112 Å². The van der Waals surface area contributed by atoms with Crippen molar-refractivity contribution >= 4 is 0 Å². The quantitative estimate of drug-likeness (QED) is 0.323. The molecule has 40 valence electrons. The van der Waals surface area contributed by atoms with E-state index in [4.69, 9.17) is 18.6 Å². The Labute approximate surface area is 110 Å². The van der Waals surface area contributed by atoms with Crippen LogP contribution in [0, 0.1) is 10.2 Å². The Bertz CT molecular complexity index is 29.5. The van der Waals surface area contributed by atoms with Crippen LogP contribution in [0.1, 0.15) is 0 Å². The van der Waals surface area contributed by atoms with Crippen LogP contribution in [0.15, 0.2) is 0 Å². The molecule has 0 amide bonds. The first-order valence-corrected chi connectivity index (χ1v) is 1.85. The van der Waals surface area contributed by atoms with Crippen molar-refractivity contribution in [1.82, 2.24) is 0 Å². The summed E-state index contributed by atoms with van der Waals surface area (Å²) in [5, 5.41) is 0. The smallest absolute Gasteiger partial charge is 1.00 e. The molecule has 0 aromatic carbocycles. The summed E-state index contributed by atoms with van der Waals surface area (Å²) in [6, 6.07) is 0. The predicted molar refractivity (Wildman–Crippen MR) is 0 cm³/mol. The molecule has 8 heteroatoms. The molecule has 0 N–H and O–H groups in total. The zero-order valence-corrected chi connectivity index (χ0v) is 11.3. The van der Waals surface area contributed by atoms with Crippen LogP contribution in [0.3, 0.4) is 0 Å². The fraction of sp³-hybridized carbons (Fsp3) is 0. The van der Waals surface area contributed by atoms with Crippen LogP contribution in [0.25, 0.3) is 0 Å². The molecule has 0 bridgehead atoms. The predicted octanol–water partition coefficient (Wildman–Crippen LogP) is -13.7. The average molecular weight is 272 g/mol. The van der Waals surface area contributed by atoms with E-state index in [-0.39, 0.29) is 83.1 Å². The number of rotatable bonds is 0. The monoisotopic (exact) mass is 272 g/mol. The van der Waals surface area contributed by atoms with Crippen molar-refractivity contribution in [2.45, 2.75) is 0 Å². The third-order valence-electron chi connectivity index (χ3n) is 0. The van der Waals surface area contributed by atoms with Gasteiger partial charge in [-0.1, -0.05) is 0 Å². The SMILES string of the molecule is [I-].[Na+].[Na+].[O-][Cl+3]([O-])([O-])[O-]. The molecular weight excluding hydrogens is 272 g/mol. The van der Waals surface area contributed by atoms with Crippen LogP contribution >= 0.6 is 0 Å². The maximum Gasteiger partial charge on any atom is 1.00 e. The minimum Gasteiger partial charge on any atom is -1.00 e. The summed E-state index contributed by atoms with van der Waals surface area (Å²) in [5.41, 5.74) is 0. The molecule has 0 saturated carbocycles. The molecule has 0 fully saturated rings. The fourth-order valence-corrected chi connectivity index (χ4v) is 0. The van der Waals surface area contributed by atoms with E-state index in [9.17, 15) is 0 Å². The Morgan fingerprint density at radius 1 is 0.750 bits per heavy atom. The molecule has 4 nitrogen and oxygen atoms in total. The van der Waals surface area contributed by atoms with Gasteiger partial charge in [-0.2, -0.15) is 0 Å². The zero-order chi connectivity index (χ0) is 4.50. The van der Waals surface area contributed by atoms with Gasteiger partial charge in [0.25, 0.3) is 0 Å². The Kier molecular flexibility index (Phi) is 27.7. The Morgan fingerprint density at radius 2 is 0.750 bits per heavy atom. The van der Waals surface area contributed by atoms with Crippen LogP contribution in [0.2, 0.25) is 0 Å². The molecule has 0 aromatic heterocycles. The summed E-state index contributed by atoms with van der Waals surface area (Å²) in [5.74, 6) is 0. The molecule has 0 spiro atoms. The van der Waals surface area contributed by atoms with Gasteiger partial charge in [0, 0.05) is 0 Å². The molecule has 0 saturated heterocycles. The minimum atomic E-state index is -4.94. The molecule has 0 heterocycles. The maximum absolute atomic E-state index is 8.49. The third kappa shape index (κ3) is 66.9. The summed E-state index contributed by atoms with van der Waals surface area (Å²) < 4.78 is 34.0. The molecule has 0 rings (SSSR count). The zero-order valence-electron chi connectivity index (χ0n) is 4.39. The van der Waals surface area contributed by atoms with Crippen molar-refractivity contribution in [3.63, 3.8) is 0 Å². The van der Waals surface area contributed by atoms with Crippen LogP contribution in [-0.4, -0.2) is 0 Å². The van der Waals surface area contributed by atoms with Gasteiger partial charge in [-0.05, 0) is 0 Å². The van der Waals surface area contributed by atoms with E-state index >= 15 is 0 Å². The fourth-order valence-electron chi connectivity index (χ4n) is 0. The van der Waals surface area contributed by atoms with Crippen molar-refractivity contribution in [2.75, 3.05) is 0 Å². The molecule has 0 radical (unpaired) electrons. The van der Waals surface area contributed by atoms with Crippen LogP contribution in [-0.2, 0) is 0 Å². The molecule has 0 aliphatic rings. The van der Waals surface area contributed by atoms with E-state index < -0.39 is 10.2 Å². The number of hydrogen-bond donors (Lipinski definition) is 0. The van der Waals surface area contributed by atoms with Gasteiger partial charge in [-0.25, -0.2) is 18.6 Å². The van der Waals surface area contributed by atoms with Gasteiger partial charge >= 0.3 is 59.1 Å². The van der Waals surface area contributed by atoms with E-state index in [2.05, 4.69) is 0 Å². The van der Waals surface area contributed by atoms with Crippen molar-refractivity contribution in [1.29, 1.82) is 0 Å². The second-order valence-corrected chi connectivity index (χ2v) is 1.13. The standard InChI is InChI=1S/ClHO4.HI.2Na/c2-1(3,4)5;;;/h(H,2,3,4,5);1H;;/q;;2*+1/p-2. The maximum atomic E-state index is 8.49. The van der Waals surface area contributed by atoms with Gasteiger partial charge in [0.05, 0.1) is 0 Å². The van der Waals surface area contributed by atoms with Crippen molar-refractivity contribution in [2.24, 2.45) is 0 Å². The largest absolute Gasteiger partial charge is 1.00 e. The summed E-state index contributed by atoms with van der Waals surface area (Å²) in [6.45, 7) is 0. The minimum absolute atomic E-state index is 0. The molecule has 0 atom stereocenters. The topological polar surface area (TPSA) is 92.2 Å². The second-order valence-electron chi connectivity index (χ2n) is 0.378. The molecule has 0 aromatic rings. The van der Waals surface area contributed by atoms with Gasteiger partial charge in [0.2, 0.25) is 0 Å². The summed E-state index contributed by atoms with van der Waals surface area (Å²) in [4.78, 5) is 0. The molecule has 8 heavy (non-hydrogen) atoms. The normalized spacial score (nSPS) is 7.50. The van der Waals surface area contributed by atoms with E-state index in [0.29, 0.717) is 0 Å². The summed E-state index contributed by atoms with van der Waals surface area (Å²) >= 11 is 0. The first kappa shape index (κ1) is 22.4.